The number of nitrogens with two attached hydrogens (primary N) is 1. The Hall–Kier alpha value is -2.35. The van der Waals surface area contributed by atoms with E-state index < -0.39 is 65.2 Å². The minimum Gasteiger partial charge on any atom is -0.357 e. The highest BCUT2D eigenvalue weighted by molar-refractivity contribution is 6.18. The summed E-state index contributed by atoms with van der Waals surface area (Å²) in [5.41, 5.74) is 5.87. The molecule has 1 fully saturated rings. The smallest absolute Gasteiger partial charge is 0.357 e. The molecule has 1 aromatic heterocycles. The van der Waals surface area contributed by atoms with Crippen molar-refractivity contribution in [3.05, 3.63) is 17.5 Å². The van der Waals surface area contributed by atoms with Crippen molar-refractivity contribution in [3.63, 3.8) is 0 Å². The van der Waals surface area contributed by atoms with Gasteiger partial charge in [-0.25, -0.2) is 4.90 Å². The van der Waals surface area contributed by atoms with Gasteiger partial charge in [0.2, 0.25) is 0 Å². The number of rotatable bonds is 7. The molecule has 0 saturated carbocycles. The molecule has 4 N–H and O–H groups in total. The normalized spacial score (nSPS) is 19.2. The predicted octanol–water partition coefficient (Wildman–Crippen LogP) is 2.16. The van der Waals surface area contributed by atoms with Crippen LogP contribution in [0, 0.1) is 18.8 Å². The molecule has 216 valence electrons. The topological polar surface area (TPSA) is 142 Å². The lowest BCUT2D eigenvalue weighted by atomic mass is 9.92. The highest BCUT2D eigenvalue weighted by Gasteiger charge is 2.62. The molecular weight excluding hydrogens is 507 g/mol. The second-order valence-corrected chi connectivity index (χ2v) is 11.6. The molecule has 0 aliphatic carbocycles. The summed E-state index contributed by atoms with van der Waals surface area (Å²) in [4.78, 5) is 42.4. The van der Waals surface area contributed by atoms with E-state index >= 15 is 0 Å². The predicted molar refractivity (Wildman–Crippen MR) is 133 cm³/mol. The Balaban J connectivity index is 2.61. The highest BCUT2D eigenvalue weighted by Crippen LogP contribution is 2.39. The molecule has 2 rings (SSSR count). The number of imide groups is 3. The molecule has 0 aromatic carbocycles. The maximum Gasteiger partial charge on any atom is 0.444 e. The van der Waals surface area contributed by atoms with Crippen molar-refractivity contribution in [1.82, 2.24) is 19.6 Å². The van der Waals surface area contributed by atoms with E-state index in [9.17, 15) is 37.8 Å². The summed E-state index contributed by atoms with van der Waals surface area (Å²) in [5.74, 6) is -8.61. The summed E-state index contributed by atoms with van der Waals surface area (Å²) in [6.07, 6.45) is -3.94. The van der Waals surface area contributed by atoms with Gasteiger partial charge in [-0.2, -0.15) is 18.3 Å². The van der Waals surface area contributed by atoms with Gasteiger partial charge in [-0.05, 0) is 58.9 Å². The van der Waals surface area contributed by atoms with Gasteiger partial charge < -0.3 is 15.9 Å². The highest BCUT2D eigenvalue weighted by atomic mass is 19.4. The Morgan fingerprint density at radius 3 is 2.08 bits per heavy atom. The van der Waals surface area contributed by atoms with E-state index in [4.69, 9.17) is 5.73 Å². The number of carbonyl (C=O) groups is 3. The van der Waals surface area contributed by atoms with Crippen molar-refractivity contribution in [2.45, 2.75) is 104 Å². The molecule has 3 atom stereocenters. The van der Waals surface area contributed by atoms with E-state index in [0.717, 1.165) is 4.90 Å². The maximum atomic E-state index is 13.9. The van der Waals surface area contributed by atoms with Crippen LogP contribution in [0.4, 0.5) is 13.2 Å². The summed E-state index contributed by atoms with van der Waals surface area (Å²) in [6.45, 7) is 13.1. The van der Waals surface area contributed by atoms with Gasteiger partial charge in [0.1, 0.15) is 0 Å². The average molecular weight is 548 g/mol. The first-order chi connectivity index (χ1) is 17.2. The number of likely N-dealkylation sites (tertiary alicyclic amines) is 1. The Labute approximate surface area is 220 Å². The average Bonchev–Trinajstić information content (AvgIpc) is 3.38. The van der Waals surface area contributed by atoms with Crippen LogP contribution in [-0.2, 0) is 15.1 Å². The van der Waals surface area contributed by atoms with E-state index in [1.165, 1.54) is 20.0 Å². The molecule has 13 heteroatoms. The standard InChI is InChI=1S/C25H40F3N5O5/c1-13(2)18(29)22(36)32(20(34)16-12-30-33(15(16)5)23(6,7)8)21(35)17-10-9-11-31(17)19(14(3)4)24(37,38)25(26,27)28/h12-14,17-19,37-38H,9-11,29H2,1-8H3/t17-,18-,19-/m0/s1. The number of aromatic nitrogens is 2. The van der Waals surface area contributed by atoms with E-state index in [-0.39, 0.29) is 24.9 Å². The second-order valence-electron chi connectivity index (χ2n) is 11.6. The number of alkyl halides is 3. The largest absolute Gasteiger partial charge is 0.444 e. The summed E-state index contributed by atoms with van der Waals surface area (Å²) in [7, 11) is 0. The molecule has 0 spiro atoms. The Bertz CT molecular complexity index is 1050. The van der Waals surface area contributed by atoms with Gasteiger partial charge in [0.25, 0.3) is 23.5 Å². The van der Waals surface area contributed by atoms with Crippen molar-refractivity contribution in [3.8, 4) is 0 Å². The van der Waals surface area contributed by atoms with Crippen LogP contribution in [-0.4, -0.2) is 84.1 Å². The SMILES string of the molecule is Cc1c(C(=O)N(C(=O)[C@@H](N)C(C)C)C(=O)[C@@H]2CCCN2[C@@H](C(C)C)C(O)(O)C(F)(F)F)cnn1C(C)(C)C. The van der Waals surface area contributed by atoms with Crippen LogP contribution in [0.1, 0.15) is 77.4 Å². The summed E-state index contributed by atoms with van der Waals surface area (Å²) >= 11 is 0. The lowest BCUT2D eigenvalue weighted by molar-refractivity contribution is -0.373. The molecule has 10 nitrogen and oxygen atoms in total. The van der Waals surface area contributed by atoms with Crippen molar-refractivity contribution < 1.29 is 37.8 Å². The molecular formula is C25H40F3N5O5. The fraction of sp³-hybridized carbons (Fsp3) is 0.760. The third-order valence-electron chi connectivity index (χ3n) is 6.92. The number of amides is 3. The lowest BCUT2D eigenvalue weighted by Gasteiger charge is -2.43. The zero-order chi connectivity index (χ0) is 29.5. The van der Waals surface area contributed by atoms with E-state index in [1.54, 1.807) is 25.5 Å². The number of nitrogens with zero attached hydrogens (tertiary/aromatic N) is 4. The lowest BCUT2D eigenvalue weighted by Crippen LogP contribution is -2.66. The minimum absolute atomic E-state index is 0.00417. The molecule has 1 saturated heterocycles. The molecule has 0 radical (unpaired) electrons. The van der Waals surface area contributed by atoms with Gasteiger partial charge >= 0.3 is 6.18 Å². The second kappa shape index (κ2) is 11.0. The zero-order valence-corrected chi connectivity index (χ0v) is 23.2. The quantitative estimate of drug-likeness (QED) is 0.348. The van der Waals surface area contributed by atoms with Gasteiger partial charge in [0.15, 0.2) is 0 Å². The number of carbonyl (C=O) groups excluding carboxylic acids is 3. The summed E-state index contributed by atoms with van der Waals surface area (Å²) in [5, 5.41) is 24.5. The first-order valence-corrected chi connectivity index (χ1v) is 12.7. The molecule has 1 aromatic rings. The summed E-state index contributed by atoms with van der Waals surface area (Å²) in [6, 6.07) is -4.58. The van der Waals surface area contributed by atoms with Gasteiger partial charge in [-0.3, -0.25) is 24.0 Å². The number of halogens is 3. The van der Waals surface area contributed by atoms with Crippen LogP contribution in [0.5, 0.6) is 0 Å². The van der Waals surface area contributed by atoms with Crippen LogP contribution in [0.2, 0.25) is 0 Å². The first kappa shape index (κ1) is 31.9. The van der Waals surface area contributed by atoms with Gasteiger partial charge in [0.05, 0.1) is 35.4 Å². The number of hydrogen-bond acceptors (Lipinski definition) is 8. The molecule has 38 heavy (non-hydrogen) atoms. The fourth-order valence-corrected chi connectivity index (χ4v) is 4.94. The number of aliphatic hydroxyl groups is 2. The monoisotopic (exact) mass is 547 g/mol. The Morgan fingerprint density at radius 2 is 1.66 bits per heavy atom. The zero-order valence-electron chi connectivity index (χ0n) is 23.2. The van der Waals surface area contributed by atoms with Crippen molar-refractivity contribution in [2.75, 3.05) is 6.54 Å². The third kappa shape index (κ3) is 5.95. The van der Waals surface area contributed by atoms with E-state index in [2.05, 4.69) is 5.10 Å². The molecule has 3 amide bonds. The van der Waals surface area contributed by atoms with E-state index in [0.29, 0.717) is 10.6 Å². The Morgan fingerprint density at radius 1 is 1.11 bits per heavy atom. The Kier molecular flexibility index (Phi) is 9.25. The van der Waals surface area contributed by atoms with Crippen LogP contribution in [0.3, 0.4) is 0 Å². The first-order valence-electron chi connectivity index (χ1n) is 12.7. The van der Waals surface area contributed by atoms with E-state index in [1.807, 2.05) is 20.8 Å². The van der Waals surface area contributed by atoms with Gasteiger partial charge in [-0.1, -0.05) is 27.7 Å². The van der Waals surface area contributed by atoms with Crippen molar-refractivity contribution in [2.24, 2.45) is 17.6 Å². The maximum absolute atomic E-state index is 13.9. The minimum atomic E-state index is -5.41. The van der Waals surface area contributed by atoms with Crippen molar-refractivity contribution in [1.29, 1.82) is 0 Å². The van der Waals surface area contributed by atoms with Crippen LogP contribution in [0.15, 0.2) is 6.20 Å². The van der Waals surface area contributed by atoms with Crippen molar-refractivity contribution >= 4 is 17.7 Å². The summed E-state index contributed by atoms with van der Waals surface area (Å²) < 4.78 is 42.5. The third-order valence-corrected chi connectivity index (χ3v) is 6.92. The molecule has 1 aliphatic rings. The van der Waals surface area contributed by atoms with Crippen LogP contribution in [0.25, 0.3) is 0 Å². The molecule has 0 unspecified atom stereocenters. The number of hydrogen-bond donors (Lipinski definition) is 3. The molecule has 1 aliphatic heterocycles. The molecule has 2 heterocycles. The van der Waals surface area contributed by atoms with Crippen LogP contribution < -0.4 is 5.73 Å². The van der Waals surface area contributed by atoms with Gasteiger partial charge in [0, 0.05) is 5.69 Å². The van der Waals surface area contributed by atoms with Crippen LogP contribution >= 0.6 is 0 Å². The molecule has 0 bridgehead atoms. The fourth-order valence-electron chi connectivity index (χ4n) is 4.94. The van der Waals surface area contributed by atoms with Gasteiger partial charge in [-0.15, -0.1) is 0 Å².